The summed E-state index contributed by atoms with van der Waals surface area (Å²) in [5.41, 5.74) is 2.20. The molecule has 0 aliphatic carbocycles. The second-order valence-electron chi connectivity index (χ2n) is 7.26. The minimum absolute atomic E-state index is 0.166. The van der Waals surface area contributed by atoms with Crippen LogP contribution in [0.1, 0.15) is 22.6 Å². The van der Waals surface area contributed by atoms with Crippen molar-refractivity contribution >= 4 is 23.4 Å². The number of furan rings is 1. The molecule has 4 rings (SSSR count). The maximum atomic E-state index is 12.0. The SMILES string of the molecule is CN(C)Cc1ccc(Cc2cccc3c2CN(C(=O)O)c2cc(Cl)ccc2O3)o1. The number of hydrogen-bond acceptors (Lipinski definition) is 4. The smallest absolute Gasteiger partial charge is 0.412 e. The Morgan fingerprint density at radius 1 is 1.14 bits per heavy atom. The Kier molecular flexibility index (Phi) is 5.22. The predicted octanol–water partition coefficient (Wildman–Crippen LogP) is 5.38. The van der Waals surface area contributed by atoms with Crippen LogP contribution in [-0.4, -0.2) is 30.2 Å². The van der Waals surface area contributed by atoms with E-state index in [4.69, 9.17) is 20.8 Å². The van der Waals surface area contributed by atoms with Gasteiger partial charge in [0.05, 0.1) is 18.8 Å². The van der Waals surface area contributed by atoms with Crippen molar-refractivity contribution in [2.45, 2.75) is 19.5 Å². The second kappa shape index (κ2) is 7.81. The third-order valence-corrected chi connectivity index (χ3v) is 5.00. The van der Waals surface area contributed by atoms with E-state index < -0.39 is 6.09 Å². The molecule has 1 amide bonds. The number of anilines is 1. The lowest BCUT2D eigenvalue weighted by Gasteiger charge is -2.19. The number of carboxylic acid groups (broad SMARTS) is 1. The van der Waals surface area contributed by atoms with Gasteiger partial charge in [0.15, 0.2) is 5.75 Å². The Balaban J connectivity index is 1.70. The standard InChI is InChI=1S/C22H21ClN2O4/c1-24(2)12-17-8-7-16(28-17)10-14-4-3-5-20-18(14)13-25(22(26)27)19-11-15(23)6-9-21(19)29-20/h3-9,11H,10,12-13H2,1-2H3,(H,26,27). The third kappa shape index (κ3) is 4.09. The lowest BCUT2D eigenvalue weighted by Crippen LogP contribution is -2.28. The van der Waals surface area contributed by atoms with Gasteiger partial charge in [-0.1, -0.05) is 23.7 Å². The fraction of sp³-hybridized carbons (Fsp3) is 0.227. The maximum absolute atomic E-state index is 12.0. The molecular weight excluding hydrogens is 392 g/mol. The molecule has 29 heavy (non-hydrogen) atoms. The third-order valence-electron chi connectivity index (χ3n) is 4.76. The summed E-state index contributed by atoms with van der Waals surface area (Å²) in [5, 5.41) is 10.3. The summed E-state index contributed by atoms with van der Waals surface area (Å²) in [7, 11) is 3.97. The Morgan fingerprint density at radius 2 is 1.93 bits per heavy atom. The molecule has 0 unspecified atom stereocenters. The van der Waals surface area contributed by atoms with E-state index in [-0.39, 0.29) is 6.54 Å². The van der Waals surface area contributed by atoms with Crippen molar-refractivity contribution in [1.29, 1.82) is 0 Å². The van der Waals surface area contributed by atoms with E-state index in [1.54, 1.807) is 18.2 Å². The molecule has 0 saturated heterocycles. The molecule has 0 atom stereocenters. The van der Waals surface area contributed by atoms with Crippen molar-refractivity contribution in [1.82, 2.24) is 4.90 Å². The van der Waals surface area contributed by atoms with E-state index in [2.05, 4.69) is 0 Å². The molecule has 2 heterocycles. The number of amides is 1. The van der Waals surface area contributed by atoms with Crippen LogP contribution in [0.4, 0.5) is 10.5 Å². The van der Waals surface area contributed by atoms with Gasteiger partial charge in [-0.15, -0.1) is 0 Å². The van der Waals surface area contributed by atoms with Crippen molar-refractivity contribution in [3.63, 3.8) is 0 Å². The molecule has 3 aromatic rings. The average molecular weight is 413 g/mol. The van der Waals surface area contributed by atoms with E-state index in [0.29, 0.717) is 28.6 Å². The largest absolute Gasteiger partial charge is 0.465 e. The van der Waals surface area contributed by atoms with Gasteiger partial charge in [0.25, 0.3) is 0 Å². The normalized spacial score (nSPS) is 12.9. The molecule has 6 nitrogen and oxygen atoms in total. The quantitative estimate of drug-likeness (QED) is 0.623. The van der Waals surface area contributed by atoms with Crippen LogP contribution in [0, 0.1) is 0 Å². The summed E-state index contributed by atoms with van der Waals surface area (Å²) in [6, 6.07) is 14.6. The van der Waals surface area contributed by atoms with Crippen molar-refractivity contribution in [3.05, 3.63) is 76.2 Å². The lowest BCUT2D eigenvalue weighted by atomic mass is 10.0. The number of hydrogen-bond donors (Lipinski definition) is 1. The molecule has 7 heteroatoms. The fourth-order valence-electron chi connectivity index (χ4n) is 3.47. The molecule has 0 fully saturated rings. The summed E-state index contributed by atoms with van der Waals surface area (Å²) < 4.78 is 12.0. The number of rotatable bonds is 4. The lowest BCUT2D eigenvalue weighted by molar-refractivity contribution is 0.201. The first-order valence-corrected chi connectivity index (χ1v) is 9.59. The van der Waals surface area contributed by atoms with Gasteiger partial charge in [0, 0.05) is 17.0 Å². The molecule has 0 bridgehead atoms. The van der Waals surface area contributed by atoms with Gasteiger partial charge in [-0.05, 0) is 56.1 Å². The van der Waals surface area contributed by atoms with E-state index >= 15 is 0 Å². The Morgan fingerprint density at radius 3 is 2.69 bits per heavy atom. The van der Waals surface area contributed by atoms with E-state index in [1.165, 1.54) is 4.90 Å². The number of fused-ring (bicyclic) bond motifs is 2. The highest BCUT2D eigenvalue weighted by Gasteiger charge is 2.27. The zero-order valence-corrected chi connectivity index (χ0v) is 16.9. The summed E-state index contributed by atoms with van der Waals surface area (Å²) in [5.74, 6) is 2.80. The molecular formula is C22H21ClN2O4. The number of carbonyl (C=O) groups is 1. The molecule has 0 radical (unpaired) electrons. The van der Waals surface area contributed by atoms with Gasteiger partial charge >= 0.3 is 6.09 Å². The van der Waals surface area contributed by atoms with Crippen LogP contribution in [0.3, 0.4) is 0 Å². The van der Waals surface area contributed by atoms with Gasteiger partial charge in [0.1, 0.15) is 17.3 Å². The number of ether oxygens (including phenoxy) is 1. The van der Waals surface area contributed by atoms with Crippen molar-refractivity contribution in [2.24, 2.45) is 0 Å². The fourth-order valence-corrected chi connectivity index (χ4v) is 3.64. The van der Waals surface area contributed by atoms with Gasteiger partial charge < -0.3 is 19.2 Å². The first-order valence-electron chi connectivity index (χ1n) is 9.21. The van der Waals surface area contributed by atoms with Crippen LogP contribution in [0.2, 0.25) is 5.02 Å². The topological polar surface area (TPSA) is 66.2 Å². The molecule has 0 spiro atoms. The number of halogens is 1. The summed E-state index contributed by atoms with van der Waals surface area (Å²) in [6.45, 7) is 0.887. The molecule has 2 aromatic carbocycles. The van der Waals surface area contributed by atoms with Gasteiger partial charge in [0.2, 0.25) is 0 Å². The number of nitrogens with zero attached hydrogens (tertiary/aromatic N) is 2. The van der Waals surface area contributed by atoms with Crippen LogP contribution in [0.25, 0.3) is 0 Å². The van der Waals surface area contributed by atoms with Crippen molar-refractivity contribution in [3.8, 4) is 11.5 Å². The highest BCUT2D eigenvalue weighted by molar-refractivity contribution is 6.31. The zero-order chi connectivity index (χ0) is 20.5. The summed E-state index contributed by atoms with van der Waals surface area (Å²) in [4.78, 5) is 15.3. The van der Waals surface area contributed by atoms with E-state index in [9.17, 15) is 9.90 Å². The Bertz CT molecular complexity index is 1060. The van der Waals surface area contributed by atoms with Gasteiger partial charge in [-0.3, -0.25) is 4.90 Å². The highest BCUT2D eigenvalue weighted by atomic mass is 35.5. The first-order chi connectivity index (χ1) is 13.9. The second-order valence-corrected chi connectivity index (χ2v) is 7.70. The molecule has 1 aliphatic heterocycles. The highest BCUT2D eigenvalue weighted by Crippen LogP contribution is 2.41. The maximum Gasteiger partial charge on any atom is 0.412 e. The molecule has 1 aliphatic rings. The average Bonchev–Trinajstić information content (AvgIpc) is 3.00. The summed E-state index contributed by atoms with van der Waals surface area (Å²) in [6.07, 6.45) is -0.518. The van der Waals surface area contributed by atoms with Crippen LogP contribution < -0.4 is 9.64 Å². The minimum Gasteiger partial charge on any atom is -0.465 e. The van der Waals surface area contributed by atoms with Crippen molar-refractivity contribution < 1.29 is 19.1 Å². The molecule has 1 N–H and O–H groups in total. The predicted molar refractivity (Wildman–Crippen MR) is 111 cm³/mol. The van der Waals surface area contributed by atoms with Gasteiger partial charge in [-0.2, -0.15) is 0 Å². The summed E-state index contributed by atoms with van der Waals surface area (Å²) >= 11 is 6.10. The minimum atomic E-state index is -1.06. The van der Waals surface area contributed by atoms with E-state index in [1.807, 2.05) is 49.3 Å². The molecule has 1 aromatic heterocycles. The van der Waals surface area contributed by atoms with Crippen molar-refractivity contribution in [2.75, 3.05) is 19.0 Å². The Labute approximate surface area is 173 Å². The first kappa shape index (κ1) is 19.4. The molecule has 0 saturated carbocycles. The zero-order valence-electron chi connectivity index (χ0n) is 16.2. The number of benzene rings is 2. The van der Waals surface area contributed by atoms with E-state index in [0.717, 1.165) is 29.2 Å². The van der Waals surface area contributed by atoms with Crippen LogP contribution >= 0.6 is 11.6 Å². The molecule has 150 valence electrons. The van der Waals surface area contributed by atoms with Gasteiger partial charge in [-0.25, -0.2) is 4.79 Å². The Hall–Kier alpha value is -2.96. The van der Waals surface area contributed by atoms with Crippen LogP contribution in [0.15, 0.2) is 52.9 Å². The van der Waals surface area contributed by atoms with Crippen LogP contribution in [0.5, 0.6) is 11.5 Å². The van der Waals surface area contributed by atoms with Crippen LogP contribution in [-0.2, 0) is 19.5 Å². The monoisotopic (exact) mass is 412 g/mol.